The maximum absolute atomic E-state index is 11.4. The van der Waals surface area contributed by atoms with Crippen LogP contribution in [0.2, 0.25) is 0 Å². The van der Waals surface area contributed by atoms with Crippen molar-refractivity contribution in [2.75, 3.05) is 38.3 Å². The summed E-state index contributed by atoms with van der Waals surface area (Å²) in [7, 11) is 0. The van der Waals surface area contributed by atoms with Crippen molar-refractivity contribution in [3.05, 3.63) is 89.0 Å². The first-order valence-electron chi connectivity index (χ1n) is 12.1. The number of nitrogens with zero attached hydrogens (tertiary/aromatic N) is 3. The van der Waals surface area contributed by atoms with Gasteiger partial charge in [0.2, 0.25) is 6.79 Å². The highest BCUT2D eigenvalue weighted by molar-refractivity contribution is 5.95. The van der Waals surface area contributed by atoms with E-state index in [4.69, 9.17) is 14.5 Å². The van der Waals surface area contributed by atoms with Gasteiger partial charge in [0.25, 0.3) is 0 Å². The molecule has 8 heteroatoms. The van der Waals surface area contributed by atoms with E-state index in [0.29, 0.717) is 12.2 Å². The lowest BCUT2D eigenvalue weighted by molar-refractivity contribution is 0.0697. The van der Waals surface area contributed by atoms with Crippen molar-refractivity contribution in [2.24, 2.45) is 4.99 Å². The van der Waals surface area contributed by atoms with E-state index in [0.717, 1.165) is 55.7 Å². The number of fused-ring (bicyclic) bond motifs is 1. The van der Waals surface area contributed by atoms with E-state index in [9.17, 15) is 9.90 Å². The van der Waals surface area contributed by atoms with Crippen molar-refractivity contribution >= 4 is 17.6 Å². The minimum absolute atomic E-state index is 0.242. The second kappa shape index (κ2) is 10.7. The van der Waals surface area contributed by atoms with Crippen LogP contribution in [0.15, 0.2) is 71.7 Å². The molecule has 3 aromatic carbocycles. The van der Waals surface area contributed by atoms with Crippen LogP contribution >= 0.6 is 0 Å². The molecule has 0 aromatic heterocycles. The minimum atomic E-state index is -0.950. The molecule has 0 bridgehead atoms. The van der Waals surface area contributed by atoms with Crippen LogP contribution in [0.5, 0.6) is 11.5 Å². The standard InChI is InChI=1S/C28H30N4O4/c1-20-5-7-21(8-6-20)17-29-28(30-24-4-2-3-23(16-24)27(33)34)32-13-11-31(12-14-32)18-22-9-10-25-26(15-22)36-19-35-25/h2-10,15-16H,11-14,17-19H2,1H3,(H,29,30)(H,33,34). The Morgan fingerprint density at radius 2 is 1.69 bits per heavy atom. The molecule has 36 heavy (non-hydrogen) atoms. The van der Waals surface area contributed by atoms with Gasteiger partial charge in [-0.2, -0.15) is 0 Å². The zero-order valence-electron chi connectivity index (χ0n) is 20.3. The van der Waals surface area contributed by atoms with E-state index < -0.39 is 5.97 Å². The monoisotopic (exact) mass is 486 g/mol. The number of hydrogen-bond acceptors (Lipinski definition) is 5. The van der Waals surface area contributed by atoms with Crippen molar-refractivity contribution in [3.8, 4) is 11.5 Å². The Labute approximate surface area is 210 Å². The topological polar surface area (TPSA) is 86.6 Å². The fourth-order valence-corrected chi connectivity index (χ4v) is 4.35. The van der Waals surface area contributed by atoms with Gasteiger partial charge in [0.1, 0.15) is 0 Å². The number of carboxylic acid groups (broad SMARTS) is 1. The molecule has 1 saturated heterocycles. The van der Waals surface area contributed by atoms with E-state index in [1.54, 1.807) is 18.2 Å². The molecule has 0 unspecified atom stereocenters. The van der Waals surface area contributed by atoms with Crippen LogP contribution in [0.25, 0.3) is 0 Å². The van der Waals surface area contributed by atoms with Crippen LogP contribution in [-0.2, 0) is 13.1 Å². The van der Waals surface area contributed by atoms with Crippen molar-refractivity contribution in [3.63, 3.8) is 0 Å². The second-order valence-electron chi connectivity index (χ2n) is 9.09. The average molecular weight is 487 g/mol. The predicted octanol–water partition coefficient (Wildman–Crippen LogP) is 4.21. The fraction of sp³-hybridized carbons (Fsp3) is 0.286. The smallest absolute Gasteiger partial charge is 0.335 e. The van der Waals surface area contributed by atoms with Gasteiger partial charge >= 0.3 is 5.97 Å². The van der Waals surface area contributed by atoms with E-state index in [2.05, 4.69) is 58.4 Å². The molecular formula is C28H30N4O4. The van der Waals surface area contributed by atoms with Gasteiger partial charge in [-0.15, -0.1) is 0 Å². The summed E-state index contributed by atoms with van der Waals surface area (Å²) in [4.78, 5) is 21.0. The second-order valence-corrected chi connectivity index (χ2v) is 9.09. The lowest BCUT2D eigenvalue weighted by atomic mass is 10.1. The van der Waals surface area contributed by atoms with Crippen LogP contribution < -0.4 is 14.8 Å². The lowest BCUT2D eigenvalue weighted by Crippen LogP contribution is -2.50. The SMILES string of the molecule is Cc1ccc(CN=C(Nc2cccc(C(=O)O)c2)N2CCN(Cc3ccc4c(c3)OCO4)CC2)cc1. The molecule has 5 rings (SSSR count). The summed E-state index contributed by atoms with van der Waals surface area (Å²) in [6.07, 6.45) is 0. The molecule has 8 nitrogen and oxygen atoms in total. The molecule has 0 atom stereocenters. The normalized spacial score (nSPS) is 15.7. The molecule has 0 saturated carbocycles. The van der Waals surface area contributed by atoms with E-state index in [-0.39, 0.29) is 12.4 Å². The summed E-state index contributed by atoms with van der Waals surface area (Å²) in [5.74, 6) is 1.41. The van der Waals surface area contributed by atoms with Gasteiger partial charge in [-0.3, -0.25) is 4.90 Å². The Hall–Kier alpha value is -4.04. The molecule has 2 aliphatic heterocycles. The number of ether oxygens (including phenoxy) is 2. The van der Waals surface area contributed by atoms with Gasteiger partial charge in [0.05, 0.1) is 12.1 Å². The van der Waals surface area contributed by atoms with Gasteiger partial charge < -0.3 is 24.8 Å². The number of aliphatic imine (C=N–C) groups is 1. The van der Waals surface area contributed by atoms with Gasteiger partial charge in [-0.25, -0.2) is 9.79 Å². The molecule has 0 spiro atoms. The maximum atomic E-state index is 11.4. The molecule has 2 heterocycles. The Bertz CT molecular complexity index is 1250. The molecule has 186 valence electrons. The number of carboxylic acids is 1. The van der Waals surface area contributed by atoms with Crippen LogP contribution in [0, 0.1) is 6.92 Å². The van der Waals surface area contributed by atoms with Crippen molar-refractivity contribution in [1.82, 2.24) is 9.80 Å². The average Bonchev–Trinajstić information content (AvgIpc) is 3.36. The highest BCUT2D eigenvalue weighted by Gasteiger charge is 2.21. The zero-order valence-corrected chi connectivity index (χ0v) is 20.3. The molecule has 0 aliphatic carbocycles. The van der Waals surface area contributed by atoms with E-state index in [1.807, 2.05) is 12.1 Å². The Morgan fingerprint density at radius 3 is 2.47 bits per heavy atom. The molecule has 0 amide bonds. The third kappa shape index (κ3) is 5.78. The zero-order chi connectivity index (χ0) is 24.9. The van der Waals surface area contributed by atoms with Crippen molar-refractivity contribution < 1.29 is 19.4 Å². The quantitative estimate of drug-likeness (QED) is 0.399. The third-order valence-electron chi connectivity index (χ3n) is 6.41. The van der Waals surface area contributed by atoms with Crippen molar-refractivity contribution in [2.45, 2.75) is 20.0 Å². The number of aryl methyl sites for hydroxylation is 1. The third-order valence-corrected chi connectivity index (χ3v) is 6.41. The molecule has 3 aromatic rings. The Balaban J connectivity index is 1.27. The highest BCUT2D eigenvalue weighted by atomic mass is 16.7. The molecule has 2 aliphatic rings. The highest BCUT2D eigenvalue weighted by Crippen LogP contribution is 2.32. The number of nitrogens with one attached hydrogen (secondary N) is 1. The van der Waals surface area contributed by atoms with Gasteiger partial charge in [0.15, 0.2) is 17.5 Å². The Morgan fingerprint density at radius 1 is 0.944 bits per heavy atom. The first-order valence-corrected chi connectivity index (χ1v) is 12.1. The van der Waals surface area contributed by atoms with Crippen LogP contribution in [0.1, 0.15) is 27.0 Å². The summed E-state index contributed by atoms with van der Waals surface area (Å²) in [6, 6.07) is 21.3. The first-order chi connectivity index (χ1) is 17.5. The van der Waals surface area contributed by atoms with Crippen molar-refractivity contribution in [1.29, 1.82) is 0 Å². The number of hydrogen-bond donors (Lipinski definition) is 2. The number of anilines is 1. The fourth-order valence-electron chi connectivity index (χ4n) is 4.35. The van der Waals surface area contributed by atoms with E-state index >= 15 is 0 Å². The molecular weight excluding hydrogens is 456 g/mol. The summed E-state index contributed by atoms with van der Waals surface area (Å²) in [5, 5.41) is 12.8. The van der Waals surface area contributed by atoms with Gasteiger partial charge in [-0.05, 0) is 48.4 Å². The molecule has 1 fully saturated rings. The Kier molecular flexibility index (Phi) is 7.04. The molecule has 0 radical (unpaired) electrons. The van der Waals surface area contributed by atoms with Crippen LogP contribution in [0.3, 0.4) is 0 Å². The first kappa shape index (κ1) is 23.7. The number of piperazine rings is 1. The number of benzene rings is 3. The van der Waals surface area contributed by atoms with Gasteiger partial charge in [0, 0.05) is 38.4 Å². The minimum Gasteiger partial charge on any atom is -0.478 e. The van der Waals surface area contributed by atoms with Crippen LogP contribution in [-0.4, -0.2) is 59.8 Å². The predicted molar refractivity (Wildman–Crippen MR) is 139 cm³/mol. The summed E-state index contributed by atoms with van der Waals surface area (Å²) >= 11 is 0. The lowest BCUT2D eigenvalue weighted by Gasteiger charge is -2.36. The summed E-state index contributed by atoms with van der Waals surface area (Å²) in [5.41, 5.74) is 4.49. The largest absolute Gasteiger partial charge is 0.478 e. The van der Waals surface area contributed by atoms with E-state index in [1.165, 1.54) is 11.1 Å². The maximum Gasteiger partial charge on any atom is 0.335 e. The summed E-state index contributed by atoms with van der Waals surface area (Å²) < 4.78 is 10.9. The van der Waals surface area contributed by atoms with Crippen LogP contribution in [0.4, 0.5) is 5.69 Å². The summed E-state index contributed by atoms with van der Waals surface area (Å²) in [6.45, 7) is 7.12. The van der Waals surface area contributed by atoms with Gasteiger partial charge in [-0.1, -0.05) is 42.0 Å². The number of carbonyl (C=O) groups is 1. The molecule has 2 N–H and O–H groups in total. The number of rotatable bonds is 6. The number of guanidine groups is 1. The number of aromatic carboxylic acids is 1.